The molecule has 0 aromatic heterocycles. The van der Waals surface area contributed by atoms with E-state index in [0.717, 1.165) is 32.1 Å². The zero-order chi connectivity index (χ0) is 22.6. The minimum Gasteiger partial charge on any atom is -0.410 e. The lowest BCUT2D eigenvalue weighted by atomic mass is 9.61. The van der Waals surface area contributed by atoms with Crippen molar-refractivity contribution in [3.8, 4) is 0 Å². The molecule has 0 heterocycles. The van der Waals surface area contributed by atoms with Crippen LogP contribution in [0.1, 0.15) is 79.2 Å². The first kappa shape index (κ1) is 25.6. The molecule has 0 spiro atoms. The van der Waals surface area contributed by atoms with Crippen molar-refractivity contribution in [1.82, 2.24) is 0 Å². The lowest BCUT2D eigenvalue weighted by Gasteiger charge is -2.58. The molecule has 2 rings (SSSR count). The molecule has 0 bridgehead atoms. The normalized spacial score (nSPS) is 26.6. The van der Waals surface area contributed by atoms with Crippen LogP contribution in [0.5, 0.6) is 0 Å². The molecule has 0 amide bonds. The second kappa shape index (κ2) is 9.85. The maximum Gasteiger partial charge on any atom is 0.192 e. The smallest absolute Gasteiger partial charge is 0.192 e. The van der Waals surface area contributed by atoms with Crippen molar-refractivity contribution < 1.29 is 14.3 Å². The molecule has 0 saturated heterocycles. The van der Waals surface area contributed by atoms with E-state index in [9.17, 15) is 5.11 Å². The van der Waals surface area contributed by atoms with Crippen LogP contribution in [0.3, 0.4) is 0 Å². The third-order valence-corrected chi connectivity index (χ3v) is 12.5. The van der Waals surface area contributed by atoms with Crippen LogP contribution in [0.4, 0.5) is 0 Å². The highest BCUT2D eigenvalue weighted by Crippen LogP contribution is 2.52. The lowest BCUT2D eigenvalue weighted by molar-refractivity contribution is -0.168. The molecule has 1 fully saturated rings. The molecule has 0 unspecified atom stereocenters. The molecule has 1 aromatic carbocycles. The summed E-state index contributed by atoms with van der Waals surface area (Å²) in [6.45, 7) is 19.6. The van der Waals surface area contributed by atoms with Crippen LogP contribution in [-0.4, -0.2) is 31.7 Å². The third kappa shape index (κ3) is 5.56. The quantitative estimate of drug-likeness (QED) is 0.472. The molecular formula is C26H46O3Si. The maximum absolute atomic E-state index is 11.2. The number of benzene rings is 1. The van der Waals surface area contributed by atoms with Crippen molar-refractivity contribution in [2.45, 2.75) is 110 Å². The molecule has 0 radical (unpaired) electrons. The highest BCUT2D eigenvalue weighted by Gasteiger charge is 2.57. The predicted octanol–water partition coefficient (Wildman–Crippen LogP) is 6.95. The SMILES string of the molecule is C[C@@H](COCc1ccccc1)[C@]1(O[Si](C)(C)C(C)(C)C)CCCCC[C@@H](O)C1(C)C. The maximum atomic E-state index is 11.2. The second-order valence-electron chi connectivity index (χ2n) is 11.5. The van der Waals surface area contributed by atoms with E-state index in [1.54, 1.807) is 0 Å². The summed E-state index contributed by atoms with van der Waals surface area (Å²) >= 11 is 0. The van der Waals surface area contributed by atoms with E-state index in [1.165, 1.54) is 5.56 Å². The van der Waals surface area contributed by atoms with Crippen molar-refractivity contribution in [2.24, 2.45) is 11.3 Å². The van der Waals surface area contributed by atoms with Gasteiger partial charge in [0.05, 0.1) is 24.9 Å². The van der Waals surface area contributed by atoms with E-state index >= 15 is 0 Å². The van der Waals surface area contributed by atoms with Crippen molar-refractivity contribution in [3.63, 3.8) is 0 Å². The number of aliphatic hydroxyl groups excluding tert-OH is 1. The topological polar surface area (TPSA) is 38.7 Å². The van der Waals surface area contributed by atoms with Crippen molar-refractivity contribution >= 4 is 8.32 Å². The fourth-order valence-corrected chi connectivity index (χ4v) is 6.49. The van der Waals surface area contributed by atoms with Gasteiger partial charge in [-0.25, -0.2) is 0 Å². The van der Waals surface area contributed by atoms with E-state index in [2.05, 4.69) is 78.9 Å². The Morgan fingerprint density at radius 2 is 1.73 bits per heavy atom. The first-order chi connectivity index (χ1) is 13.8. The molecule has 1 aromatic rings. The number of ether oxygens (including phenoxy) is 1. The van der Waals surface area contributed by atoms with Crippen LogP contribution in [0.15, 0.2) is 30.3 Å². The van der Waals surface area contributed by atoms with Gasteiger partial charge in [-0.1, -0.05) is 91.1 Å². The summed E-state index contributed by atoms with van der Waals surface area (Å²) in [7, 11) is -2.05. The van der Waals surface area contributed by atoms with Gasteiger partial charge in [-0.2, -0.15) is 0 Å². The number of aliphatic hydroxyl groups is 1. The molecule has 1 N–H and O–H groups in total. The molecule has 0 aliphatic heterocycles. The summed E-state index contributed by atoms with van der Waals surface area (Å²) in [5.41, 5.74) is 0.464. The van der Waals surface area contributed by atoms with Gasteiger partial charge in [-0.05, 0) is 36.5 Å². The molecule has 1 aliphatic rings. The van der Waals surface area contributed by atoms with Crippen LogP contribution in [0.2, 0.25) is 18.1 Å². The zero-order valence-electron chi connectivity index (χ0n) is 20.8. The summed E-state index contributed by atoms with van der Waals surface area (Å²) < 4.78 is 13.5. The average molecular weight is 435 g/mol. The van der Waals surface area contributed by atoms with Gasteiger partial charge >= 0.3 is 0 Å². The van der Waals surface area contributed by atoms with Gasteiger partial charge in [0.1, 0.15) is 0 Å². The summed E-state index contributed by atoms with van der Waals surface area (Å²) in [5, 5.41) is 11.3. The summed E-state index contributed by atoms with van der Waals surface area (Å²) in [5.74, 6) is 0.193. The zero-order valence-corrected chi connectivity index (χ0v) is 21.8. The standard InChI is InChI=1S/C26H46O3Si/c1-21(19-28-20-22-15-11-9-12-16-22)26(29-30(7,8)24(2,3)4)18-14-10-13-17-23(27)25(26,5)6/h9,11-12,15-16,21,23,27H,10,13-14,17-20H2,1-8H3/t21-,23+,26+/m0/s1. The highest BCUT2D eigenvalue weighted by molar-refractivity contribution is 6.74. The van der Waals surface area contributed by atoms with Gasteiger partial charge in [-0.15, -0.1) is 0 Å². The van der Waals surface area contributed by atoms with E-state index in [-0.39, 0.29) is 22.5 Å². The fourth-order valence-electron chi connectivity index (χ4n) is 4.70. The van der Waals surface area contributed by atoms with Gasteiger partial charge in [0.2, 0.25) is 0 Å². The Bertz CT molecular complexity index is 650. The minimum atomic E-state index is -2.05. The molecule has 3 atom stereocenters. The fraction of sp³-hybridized carbons (Fsp3) is 0.769. The van der Waals surface area contributed by atoms with Gasteiger partial charge in [-0.3, -0.25) is 0 Å². The highest BCUT2D eigenvalue weighted by atomic mass is 28.4. The molecule has 172 valence electrons. The molecule has 1 saturated carbocycles. The van der Waals surface area contributed by atoms with Gasteiger partial charge in [0.15, 0.2) is 8.32 Å². The van der Waals surface area contributed by atoms with Crippen LogP contribution in [-0.2, 0) is 15.8 Å². The second-order valence-corrected chi connectivity index (χ2v) is 16.2. The molecular weight excluding hydrogens is 388 g/mol. The monoisotopic (exact) mass is 434 g/mol. The van der Waals surface area contributed by atoms with Crippen LogP contribution in [0, 0.1) is 11.3 Å². The third-order valence-electron chi connectivity index (χ3n) is 7.97. The van der Waals surface area contributed by atoms with Crippen molar-refractivity contribution in [3.05, 3.63) is 35.9 Å². The summed E-state index contributed by atoms with van der Waals surface area (Å²) in [6.07, 6.45) is 4.88. The van der Waals surface area contributed by atoms with Crippen LogP contribution >= 0.6 is 0 Å². The molecule has 4 heteroatoms. The lowest BCUT2D eigenvalue weighted by Crippen LogP contribution is -2.63. The van der Waals surface area contributed by atoms with Gasteiger partial charge < -0.3 is 14.3 Å². The summed E-state index contributed by atoms with van der Waals surface area (Å²) in [6, 6.07) is 10.4. The number of hydrogen-bond acceptors (Lipinski definition) is 3. The Hall–Kier alpha value is -0.683. The van der Waals surface area contributed by atoms with Crippen molar-refractivity contribution in [2.75, 3.05) is 6.61 Å². The molecule has 1 aliphatic carbocycles. The van der Waals surface area contributed by atoms with Gasteiger partial charge in [0, 0.05) is 11.3 Å². The first-order valence-electron chi connectivity index (χ1n) is 11.8. The Labute approximate surface area is 186 Å². The van der Waals surface area contributed by atoms with Gasteiger partial charge in [0.25, 0.3) is 0 Å². The van der Waals surface area contributed by atoms with E-state index in [1.807, 2.05) is 6.07 Å². The minimum absolute atomic E-state index is 0.119. The summed E-state index contributed by atoms with van der Waals surface area (Å²) in [4.78, 5) is 0. The van der Waals surface area contributed by atoms with E-state index in [0.29, 0.717) is 13.2 Å². The Morgan fingerprint density at radius 1 is 1.10 bits per heavy atom. The van der Waals surface area contributed by atoms with E-state index in [4.69, 9.17) is 9.16 Å². The average Bonchev–Trinajstić information content (AvgIpc) is 2.65. The van der Waals surface area contributed by atoms with Crippen molar-refractivity contribution in [1.29, 1.82) is 0 Å². The van der Waals surface area contributed by atoms with Crippen LogP contribution in [0.25, 0.3) is 0 Å². The Morgan fingerprint density at radius 3 is 2.33 bits per heavy atom. The molecule has 3 nitrogen and oxygen atoms in total. The Balaban J connectivity index is 2.33. The number of rotatable bonds is 7. The molecule has 30 heavy (non-hydrogen) atoms. The Kier molecular flexibility index (Phi) is 8.40. The first-order valence-corrected chi connectivity index (χ1v) is 14.7. The largest absolute Gasteiger partial charge is 0.410 e. The van der Waals surface area contributed by atoms with Crippen LogP contribution < -0.4 is 0 Å². The number of hydrogen-bond donors (Lipinski definition) is 1. The predicted molar refractivity (Wildman–Crippen MR) is 129 cm³/mol. The van der Waals surface area contributed by atoms with E-state index < -0.39 is 13.9 Å².